The Morgan fingerprint density at radius 2 is 2.27 bits per heavy atom. The molecule has 0 nitrogen and oxygen atoms in total. The third-order valence-electron chi connectivity index (χ3n) is 1.66. The van der Waals surface area contributed by atoms with Crippen LogP contribution in [0.25, 0.3) is 10.1 Å². The second-order valence-corrected chi connectivity index (χ2v) is 3.70. The molecule has 0 unspecified atom stereocenters. The van der Waals surface area contributed by atoms with Crippen LogP contribution >= 0.6 is 22.9 Å². The van der Waals surface area contributed by atoms with Gasteiger partial charge in [-0.25, -0.2) is 0 Å². The highest BCUT2D eigenvalue weighted by Gasteiger charge is 2.02. The number of thiophene rings is 1. The van der Waals surface area contributed by atoms with E-state index in [1.807, 2.05) is 19.1 Å². The third kappa shape index (κ3) is 1.05. The number of hydrogen-bond donors (Lipinski definition) is 0. The highest BCUT2D eigenvalue weighted by atomic mass is 35.5. The molecular weight excluding hydrogens is 176 g/mol. The topological polar surface area (TPSA) is 0 Å². The summed E-state index contributed by atoms with van der Waals surface area (Å²) in [7, 11) is 0. The molecule has 0 saturated heterocycles. The van der Waals surface area contributed by atoms with Crippen LogP contribution in [0, 0.1) is 12.3 Å². The Labute approximate surface area is 74.4 Å². The smallest absolute Gasteiger partial charge is 0.0495 e. The van der Waals surface area contributed by atoms with Crippen molar-refractivity contribution in [2.75, 3.05) is 0 Å². The van der Waals surface area contributed by atoms with E-state index in [1.165, 1.54) is 4.70 Å². The van der Waals surface area contributed by atoms with Gasteiger partial charge >= 0.3 is 0 Å². The lowest BCUT2D eigenvalue weighted by molar-refractivity contribution is 1.59. The first kappa shape index (κ1) is 7.14. The minimum absolute atomic E-state index is 0.831. The van der Waals surface area contributed by atoms with Gasteiger partial charge in [0.05, 0.1) is 0 Å². The fraction of sp³-hybridized carbons (Fsp3) is 0.111. The van der Waals surface area contributed by atoms with Crippen molar-refractivity contribution in [3.8, 4) is 0 Å². The Bertz CT molecular complexity index is 389. The number of rotatable bonds is 0. The molecular formula is C9H6ClS. The highest BCUT2D eigenvalue weighted by Crippen LogP contribution is 2.30. The quantitative estimate of drug-likeness (QED) is 0.582. The van der Waals surface area contributed by atoms with E-state index in [4.69, 9.17) is 11.6 Å². The Kier molecular flexibility index (Phi) is 1.63. The lowest BCUT2D eigenvalue weighted by Crippen LogP contribution is -1.68. The minimum atomic E-state index is 0.831. The van der Waals surface area contributed by atoms with E-state index in [-0.39, 0.29) is 0 Å². The van der Waals surface area contributed by atoms with Crippen LogP contribution in [-0.4, -0.2) is 0 Å². The third-order valence-corrected chi connectivity index (χ3v) is 2.95. The molecule has 2 rings (SSSR count). The molecule has 11 heavy (non-hydrogen) atoms. The lowest BCUT2D eigenvalue weighted by Gasteiger charge is -1.93. The first-order chi connectivity index (χ1) is 5.29. The predicted molar refractivity (Wildman–Crippen MR) is 50.4 cm³/mol. The van der Waals surface area contributed by atoms with E-state index in [1.54, 1.807) is 11.3 Å². The Morgan fingerprint density at radius 1 is 1.45 bits per heavy atom. The highest BCUT2D eigenvalue weighted by molar-refractivity contribution is 7.17. The first-order valence-corrected chi connectivity index (χ1v) is 4.54. The Morgan fingerprint density at radius 3 is 3.00 bits per heavy atom. The van der Waals surface area contributed by atoms with Gasteiger partial charge in [0.2, 0.25) is 0 Å². The molecule has 2 heteroatoms. The molecule has 0 aliphatic carbocycles. The second-order valence-electron chi connectivity index (χ2n) is 2.44. The van der Waals surface area contributed by atoms with E-state index < -0.39 is 0 Å². The number of hydrogen-bond acceptors (Lipinski definition) is 1. The lowest BCUT2D eigenvalue weighted by atomic mass is 10.2. The van der Waals surface area contributed by atoms with Crippen molar-refractivity contribution < 1.29 is 0 Å². The average molecular weight is 182 g/mol. The van der Waals surface area contributed by atoms with Crippen molar-refractivity contribution >= 4 is 33.0 Å². The second kappa shape index (κ2) is 2.50. The van der Waals surface area contributed by atoms with E-state index in [0.29, 0.717) is 0 Å². The zero-order chi connectivity index (χ0) is 7.84. The van der Waals surface area contributed by atoms with Gasteiger partial charge in [-0.3, -0.25) is 0 Å². The fourth-order valence-corrected chi connectivity index (χ4v) is 2.39. The van der Waals surface area contributed by atoms with Gasteiger partial charge in [-0.05, 0) is 24.6 Å². The molecule has 0 bridgehead atoms. The Balaban J connectivity index is 2.96. The zero-order valence-corrected chi connectivity index (χ0v) is 7.59. The molecule has 0 aliphatic heterocycles. The molecule has 1 radical (unpaired) electrons. The summed E-state index contributed by atoms with van der Waals surface area (Å²) in [6, 6.07) is 5.95. The van der Waals surface area contributed by atoms with Crippen LogP contribution in [0.2, 0.25) is 5.02 Å². The van der Waals surface area contributed by atoms with Crippen LogP contribution in [0.15, 0.2) is 18.2 Å². The van der Waals surface area contributed by atoms with Gasteiger partial charge in [0.25, 0.3) is 0 Å². The van der Waals surface area contributed by atoms with Gasteiger partial charge in [0, 0.05) is 20.5 Å². The molecule has 2 aromatic rings. The van der Waals surface area contributed by atoms with Gasteiger partial charge in [-0.2, -0.15) is 0 Å². The summed E-state index contributed by atoms with van der Waals surface area (Å²) < 4.78 is 1.22. The minimum Gasteiger partial charge on any atom is -0.134 e. The van der Waals surface area contributed by atoms with Crippen molar-refractivity contribution in [1.82, 2.24) is 0 Å². The van der Waals surface area contributed by atoms with Gasteiger partial charge < -0.3 is 0 Å². The van der Waals surface area contributed by atoms with Crippen LogP contribution in [0.5, 0.6) is 0 Å². The molecule has 0 fully saturated rings. The van der Waals surface area contributed by atoms with Gasteiger partial charge in [-0.1, -0.05) is 17.7 Å². The maximum absolute atomic E-state index is 5.99. The molecule has 1 heterocycles. The van der Waals surface area contributed by atoms with E-state index >= 15 is 0 Å². The summed E-state index contributed by atoms with van der Waals surface area (Å²) in [6.07, 6.45) is 0. The molecule has 0 aliphatic rings. The molecule has 55 valence electrons. The monoisotopic (exact) mass is 181 g/mol. The van der Waals surface area contributed by atoms with Crippen LogP contribution < -0.4 is 0 Å². The maximum Gasteiger partial charge on any atom is 0.0495 e. The summed E-state index contributed by atoms with van der Waals surface area (Å²) in [6.45, 7) is 2.03. The van der Waals surface area contributed by atoms with Crippen molar-refractivity contribution in [1.29, 1.82) is 0 Å². The summed E-state index contributed by atoms with van der Waals surface area (Å²) in [5.74, 6) is 0. The molecule has 0 spiro atoms. The molecule has 0 N–H and O–H groups in total. The summed E-state index contributed by atoms with van der Waals surface area (Å²) in [5.41, 5.74) is 1.15. The normalized spacial score (nSPS) is 10.7. The van der Waals surface area contributed by atoms with E-state index in [0.717, 1.165) is 16.0 Å². The van der Waals surface area contributed by atoms with Gasteiger partial charge in [0.1, 0.15) is 0 Å². The van der Waals surface area contributed by atoms with Crippen LogP contribution in [0.1, 0.15) is 5.56 Å². The zero-order valence-electron chi connectivity index (χ0n) is 6.02. The standard InChI is InChI=1S/C9H6ClS/c1-6-5-11-8-4-2-3-7(10)9(6)8/h2-4H,1H3. The average Bonchev–Trinajstić information content (AvgIpc) is 2.34. The predicted octanol–water partition coefficient (Wildman–Crippen LogP) is 3.66. The summed E-state index contributed by atoms with van der Waals surface area (Å²) in [4.78, 5) is 0. The van der Waals surface area contributed by atoms with Crippen molar-refractivity contribution in [2.45, 2.75) is 6.92 Å². The summed E-state index contributed by atoms with van der Waals surface area (Å²) in [5, 5.41) is 5.16. The fourth-order valence-electron chi connectivity index (χ4n) is 1.14. The van der Waals surface area contributed by atoms with Crippen LogP contribution in [0.4, 0.5) is 0 Å². The number of aryl methyl sites for hydroxylation is 1. The van der Waals surface area contributed by atoms with Crippen molar-refractivity contribution in [2.24, 2.45) is 0 Å². The molecule has 0 saturated carbocycles. The molecule has 1 aromatic heterocycles. The molecule has 0 atom stereocenters. The SMILES string of the molecule is Cc1[c]sc2cccc(Cl)c12. The Hall–Kier alpha value is -0.530. The number of halogens is 1. The molecule has 1 aromatic carbocycles. The number of fused-ring (bicyclic) bond motifs is 1. The van der Waals surface area contributed by atoms with E-state index in [2.05, 4.69) is 11.4 Å². The largest absolute Gasteiger partial charge is 0.134 e. The van der Waals surface area contributed by atoms with Gasteiger partial charge in [-0.15, -0.1) is 11.3 Å². The van der Waals surface area contributed by atoms with E-state index in [9.17, 15) is 0 Å². The maximum atomic E-state index is 5.99. The molecule has 0 amide bonds. The van der Waals surface area contributed by atoms with Crippen molar-refractivity contribution in [3.05, 3.63) is 34.2 Å². The van der Waals surface area contributed by atoms with Crippen LogP contribution in [0.3, 0.4) is 0 Å². The summed E-state index contributed by atoms with van der Waals surface area (Å²) >= 11 is 7.61. The first-order valence-electron chi connectivity index (χ1n) is 3.34. The van der Waals surface area contributed by atoms with Gasteiger partial charge in [0.15, 0.2) is 0 Å². The van der Waals surface area contributed by atoms with Crippen LogP contribution in [-0.2, 0) is 0 Å². The number of benzene rings is 1. The van der Waals surface area contributed by atoms with Crippen molar-refractivity contribution in [3.63, 3.8) is 0 Å².